The van der Waals surface area contributed by atoms with Gasteiger partial charge in [-0.25, -0.2) is 0 Å². The van der Waals surface area contributed by atoms with E-state index in [1.54, 1.807) is 0 Å². The van der Waals surface area contributed by atoms with Crippen molar-refractivity contribution in [1.29, 1.82) is 0 Å². The Morgan fingerprint density at radius 1 is 0.905 bits per heavy atom. The molecule has 2 aromatic carbocycles. The Balaban J connectivity index is 1.53. The minimum atomic E-state index is 0.133. The first-order valence-corrected chi connectivity index (χ1v) is 7.69. The third-order valence-electron chi connectivity index (χ3n) is 4.24. The Morgan fingerprint density at radius 2 is 1.52 bits per heavy atom. The molecule has 0 aromatic heterocycles. The Kier molecular flexibility index (Phi) is 4.34. The maximum atomic E-state index is 12.1. The molecule has 3 rings (SSSR count). The summed E-state index contributed by atoms with van der Waals surface area (Å²) in [4.78, 5) is 12.1. The summed E-state index contributed by atoms with van der Waals surface area (Å²) in [6.45, 7) is 0. The second kappa shape index (κ2) is 6.57. The second-order valence-electron chi connectivity index (χ2n) is 5.85. The van der Waals surface area contributed by atoms with E-state index in [9.17, 15) is 4.79 Å². The quantitative estimate of drug-likeness (QED) is 0.893. The van der Waals surface area contributed by atoms with Crippen molar-refractivity contribution in [3.8, 4) is 0 Å². The lowest BCUT2D eigenvalue weighted by molar-refractivity contribution is -0.122. The molecule has 2 nitrogen and oxygen atoms in total. The van der Waals surface area contributed by atoms with Gasteiger partial charge in [-0.15, -0.1) is 0 Å². The molecule has 1 fully saturated rings. The van der Waals surface area contributed by atoms with Gasteiger partial charge in [-0.05, 0) is 36.8 Å². The van der Waals surface area contributed by atoms with Gasteiger partial charge in [0.2, 0.25) is 5.91 Å². The van der Waals surface area contributed by atoms with E-state index in [0.717, 1.165) is 25.7 Å². The third-order valence-corrected chi connectivity index (χ3v) is 4.24. The van der Waals surface area contributed by atoms with Gasteiger partial charge in [0, 0.05) is 12.0 Å². The number of hydrogen-bond acceptors (Lipinski definition) is 1. The zero-order valence-corrected chi connectivity index (χ0v) is 12.2. The fourth-order valence-electron chi connectivity index (χ4n) is 3.08. The minimum Gasteiger partial charge on any atom is -0.353 e. The summed E-state index contributed by atoms with van der Waals surface area (Å²) in [6.07, 6.45) is 3.87. The normalized spacial score (nSPS) is 21.2. The molecule has 1 heterocycles. The van der Waals surface area contributed by atoms with E-state index in [0.29, 0.717) is 6.04 Å². The van der Waals surface area contributed by atoms with Crippen LogP contribution in [0.1, 0.15) is 24.0 Å². The molecule has 2 atom stereocenters. The number of carbonyl (C=O) groups excluding carboxylic acids is 1. The SMILES string of the molecule is O=C1NC(CCc2ccccc2)CC1Cc1ccccc1. The van der Waals surface area contributed by atoms with Gasteiger partial charge in [0.25, 0.3) is 0 Å². The summed E-state index contributed by atoms with van der Waals surface area (Å²) < 4.78 is 0. The predicted molar refractivity (Wildman–Crippen MR) is 84.9 cm³/mol. The number of hydrogen-bond donors (Lipinski definition) is 1. The van der Waals surface area contributed by atoms with Crippen molar-refractivity contribution in [1.82, 2.24) is 5.32 Å². The second-order valence-corrected chi connectivity index (χ2v) is 5.85. The highest BCUT2D eigenvalue weighted by Gasteiger charge is 2.31. The lowest BCUT2D eigenvalue weighted by Gasteiger charge is -2.09. The molecule has 21 heavy (non-hydrogen) atoms. The average Bonchev–Trinajstić information content (AvgIpc) is 2.87. The Hall–Kier alpha value is -2.09. The molecular weight excluding hydrogens is 258 g/mol. The number of rotatable bonds is 5. The molecule has 1 aliphatic rings. The topological polar surface area (TPSA) is 29.1 Å². The summed E-state index contributed by atoms with van der Waals surface area (Å²) in [7, 11) is 0. The van der Waals surface area contributed by atoms with Crippen LogP contribution in [-0.2, 0) is 17.6 Å². The molecule has 0 bridgehead atoms. The molecule has 0 spiro atoms. The maximum absolute atomic E-state index is 12.1. The van der Waals surface area contributed by atoms with Crippen LogP contribution in [0.25, 0.3) is 0 Å². The van der Waals surface area contributed by atoms with Crippen molar-refractivity contribution >= 4 is 5.91 Å². The summed E-state index contributed by atoms with van der Waals surface area (Å²) >= 11 is 0. The lowest BCUT2D eigenvalue weighted by Crippen LogP contribution is -2.27. The smallest absolute Gasteiger partial charge is 0.223 e. The first kappa shape index (κ1) is 13.9. The van der Waals surface area contributed by atoms with Crippen molar-refractivity contribution in [3.05, 3.63) is 71.8 Å². The molecule has 1 saturated heterocycles. The Labute approximate surface area is 126 Å². The summed E-state index contributed by atoms with van der Waals surface area (Å²) in [6, 6.07) is 21.1. The monoisotopic (exact) mass is 279 g/mol. The van der Waals surface area contributed by atoms with Gasteiger partial charge in [-0.3, -0.25) is 4.79 Å². The van der Waals surface area contributed by atoms with E-state index in [1.807, 2.05) is 24.3 Å². The van der Waals surface area contributed by atoms with E-state index in [2.05, 4.69) is 41.7 Å². The maximum Gasteiger partial charge on any atom is 0.223 e. The van der Waals surface area contributed by atoms with Crippen LogP contribution in [0.15, 0.2) is 60.7 Å². The van der Waals surface area contributed by atoms with E-state index < -0.39 is 0 Å². The van der Waals surface area contributed by atoms with Crippen LogP contribution in [0.3, 0.4) is 0 Å². The number of benzene rings is 2. The molecule has 108 valence electrons. The van der Waals surface area contributed by atoms with E-state index in [1.165, 1.54) is 11.1 Å². The van der Waals surface area contributed by atoms with Gasteiger partial charge in [-0.1, -0.05) is 60.7 Å². The van der Waals surface area contributed by atoms with Gasteiger partial charge in [0.15, 0.2) is 0 Å². The van der Waals surface area contributed by atoms with Gasteiger partial charge >= 0.3 is 0 Å². The van der Waals surface area contributed by atoms with Crippen molar-refractivity contribution in [3.63, 3.8) is 0 Å². The minimum absolute atomic E-state index is 0.133. The zero-order chi connectivity index (χ0) is 14.5. The van der Waals surface area contributed by atoms with Crippen molar-refractivity contribution < 1.29 is 4.79 Å². The molecule has 0 radical (unpaired) electrons. The zero-order valence-electron chi connectivity index (χ0n) is 12.2. The van der Waals surface area contributed by atoms with E-state index >= 15 is 0 Å². The van der Waals surface area contributed by atoms with Gasteiger partial charge < -0.3 is 5.32 Å². The summed E-state index contributed by atoms with van der Waals surface area (Å²) in [5.41, 5.74) is 2.60. The van der Waals surface area contributed by atoms with Gasteiger partial charge in [0.05, 0.1) is 0 Å². The highest BCUT2D eigenvalue weighted by Crippen LogP contribution is 2.23. The van der Waals surface area contributed by atoms with E-state index in [4.69, 9.17) is 0 Å². The van der Waals surface area contributed by atoms with Crippen LogP contribution >= 0.6 is 0 Å². The molecule has 2 heteroatoms. The summed E-state index contributed by atoms with van der Waals surface area (Å²) in [5, 5.41) is 3.16. The van der Waals surface area contributed by atoms with Crippen LogP contribution in [0, 0.1) is 5.92 Å². The van der Waals surface area contributed by atoms with Crippen LogP contribution in [0.2, 0.25) is 0 Å². The van der Waals surface area contributed by atoms with Crippen LogP contribution in [-0.4, -0.2) is 11.9 Å². The predicted octanol–water partition coefficient (Wildman–Crippen LogP) is 3.37. The third kappa shape index (κ3) is 3.72. The largest absolute Gasteiger partial charge is 0.353 e. The molecule has 2 aromatic rings. The molecule has 1 N–H and O–H groups in total. The van der Waals surface area contributed by atoms with Crippen LogP contribution in [0.5, 0.6) is 0 Å². The van der Waals surface area contributed by atoms with Crippen molar-refractivity contribution in [2.45, 2.75) is 31.7 Å². The van der Waals surface area contributed by atoms with Gasteiger partial charge in [-0.2, -0.15) is 0 Å². The fourth-order valence-corrected chi connectivity index (χ4v) is 3.08. The number of carbonyl (C=O) groups is 1. The van der Waals surface area contributed by atoms with Crippen LogP contribution in [0.4, 0.5) is 0 Å². The molecular formula is C19H21NO. The first-order valence-electron chi connectivity index (χ1n) is 7.69. The van der Waals surface area contributed by atoms with Gasteiger partial charge in [0.1, 0.15) is 0 Å². The lowest BCUT2D eigenvalue weighted by atomic mass is 9.94. The number of amides is 1. The molecule has 0 aliphatic carbocycles. The highest BCUT2D eigenvalue weighted by atomic mass is 16.2. The molecule has 0 saturated carbocycles. The number of nitrogens with one attached hydrogen (secondary N) is 1. The standard InChI is InChI=1S/C19H21NO/c21-19-17(13-16-9-5-2-6-10-16)14-18(20-19)12-11-15-7-3-1-4-8-15/h1-10,17-18H,11-14H2,(H,20,21). The Bertz CT molecular complexity index is 579. The molecule has 2 unspecified atom stereocenters. The molecule has 1 amide bonds. The molecule has 1 aliphatic heterocycles. The first-order chi connectivity index (χ1) is 10.3. The summed E-state index contributed by atoms with van der Waals surface area (Å²) in [5.74, 6) is 0.352. The Morgan fingerprint density at radius 3 is 2.19 bits per heavy atom. The van der Waals surface area contributed by atoms with E-state index in [-0.39, 0.29) is 11.8 Å². The van der Waals surface area contributed by atoms with Crippen LogP contribution < -0.4 is 5.32 Å². The highest BCUT2D eigenvalue weighted by molar-refractivity contribution is 5.81. The van der Waals surface area contributed by atoms with Crippen molar-refractivity contribution in [2.75, 3.05) is 0 Å². The fraction of sp³-hybridized carbons (Fsp3) is 0.316. The van der Waals surface area contributed by atoms with Crippen molar-refractivity contribution in [2.24, 2.45) is 5.92 Å². The average molecular weight is 279 g/mol. The number of aryl methyl sites for hydroxylation is 1.